The molecule has 0 saturated heterocycles. The Hall–Kier alpha value is -2.36. The summed E-state index contributed by atoms with van der Waals surface area (Å²) in [7, 11) is 0. The van der Waals surface area contributed by atoms with Crippen molar-refractivity contribution in [3.63, 3.8) is 0 Å². The molecule has 0 bridgehead atoms. The molecule has 1 aliphatic heterocycles. The van der Waals surface area contributed by atoms with E-state index in [4.69, 9.17) is 4.74 Å². The number of hydrogen-bond donors (Lipinski definition) is 0. The van der Waals surface area contributed by atoms with Gasteiger partial charge in [-0.05, 0) is 61.4 Å². The number of rotatable bonds is 5. The van der Waals surface area contributed by atoms with E-state index in [1.54, 1.807) is 18.2 Å². The van der Waals surface area contributed by atoms with Gasteiger partial charge in [-0.1, -0.05) is 37.5 Å². The number of aryl methyl sites for hydroxylation is 1. The van der Waals surface area contributed by atoms with Gasteiger partial charge in [0.15, 0.2) is 0 Å². The van der Waals surface area contributed by atoms with Gasteiger partial charge in [0, 0.05) is 24.2 Å². The van der Waals surface area contributed by atoms with Crippen LogP contribution < -0.4 is 4.74 Å². The summed E-state index contributed by atoms with van der Waals surface area (Å²) in [6, 6.07) is 12.3. The second-order valence-electron chi connectivity index (χ2n) is 8.06. The monoisotopic (exact) mass is 381 g/mol. The molecular formula is C24H28FNO2. The summed E-state index contributed by atoms with van der Waals surface area (Å²) in [5.41, 5.74) is 2.38. The highest BCUT2D eigenvalue weighted by Crippen LogP contribution is 2.28. The Bertz CT molecular complexity index is 829. The molecule has 2 aromatic rings. The third kappa shape index (κ3) is 4.37. The van der Waals surface area contributed by atoms with Crippen molar-refractivity contribution in [1.29, 1.82) is 0 Å². The molecule has 0 spiro atoms. The first-order valence-corrected chi connectivity index (χ1v) is 10.5. The summed E-state index contributed by atoms with van der Waals surface area (Å²) < 4.78 is 19.6. The van der Waals surface area contributed by atoms with Crippen molar-refractivity contribution in [2.45, 2.75) is 51.6 Å². The standard InChI is InChI=1S/C24H28FNO2/c25-23-11-5-4-9-20(23)17-28-21-12-13-22-19(15-21)10-6-14-26(24(22)27)16-18-7-2-1-3-8-18/h4-5,9,11-13,15,18H,1-3,6-8,10,14,16-17H2. The van der Waals surface area contributed by atoms with E-state index >= 15 is 0 Å². The molecule has 4 rings (SSSR count). The molecule has 3 nitrogen and oxygen atoms in total. The molecular weight excluding hydrogens is 353 g/mol. The molecule has 0 aromatic heterocycles. The minimum Gasteiger partial charge on any atom is -0.489 e. The van der Waals surface area contributed by atoms with Crippen molar-refractivity contribution in [1.82, 2.24) is 4.90 Å². The van der Waals surface area contributed by atoms with Gasteiger partial charge in [-0.15, -0.1) is 0 Å². The number of nitrogens with zero attached hydrogens (tertiary/aromatic N) is 1. The number of carbonyl (C=O) groups is 1. The van der Waals surface area contributed by atoms with Crippen molar-refractivity contribution in [3.8, 4) is 5.75 Å². The third-order valence-electron chi connectivity index (χ3n) is 6.02. The second kappa shape index (κ2) is 8.76. The first kappa shape index (κ1) is 19.0. The molecule has 0 atom stereocenters. The molecule has 1 aliphatic carbocycles. The van der Waals surface area contributed by atoms with E-state index in [0.29, 0.717) is 17.2 Å². The Kier molecular flexibility index (Phi) is 5.94. The van der Waals surface area contributed by atoms with Gasteiger partial charge in [0.2, 0.25) is 0 Å². The molecule has 0 radical (unpaired) electrons. The lowest BCUT2D eigenvalue weighted by Crippen LogP contribution is -2.36. The van der Waals surface area contributed by atoms with Gasteiger partial charge in [0.1, 0.15) is 18.2 Å². The van der Waals surface area contributed by atoms with Crippen LogP contribution >= 0.6 is 0 Å². The molecule has 2 aliphatic rings. The fourth-order valence-corrected chi connectivity index (χ4v) is 4.44. The first-order valence-electron chi connectivity index (χ1n) is 10.5. The van der Waals surface area contributed by atoms with E-state index in [1.807, 2.05) is 18.2 Å². The topological polar surface area (TPSA) is 29.5 Å². The van der Waals surface area contributed by atoms with Crippen molar-refractivity contribution in [2.24, 2.45) is 5.92 Å². The summed E-state index contributed by atoms with van der Waals surface area (Å²) in [5.74, 6) is 1.24. The van der Waals surface area contributed by atoms with Crippen LogP contribution in [0.3, 0.4) is 0 Å². The molecule has 148 valence electrons. The molecule has 28 heavy (non-hydrogen) atoms. The number of halogens is 1. The number of hydrogen-bond acceptors (Lipinski definition) is 2. The van der Waals surface area contributed by atoms with Gasteiger partial charge in [-0.3, -0.25) is 4.79 Å². The number of ether oxygens (including phenoxy) is 1. The highest BCUT2D eigenvalue weighted by Gasteiger charge is 2.25. The fraction of sp³-hybridized carbons (Fsp3) is 0.458. The van der Waals surface area contributed by atoms with Crippen LogP contribution in [-0.4, -0.2) is 23.9 Å². The zero-order chi connectivity index (χ0) is 19.3. The Morgan fingerprint density at radius 2 is 1.86 bits per heavy atom. The Balaban J connectivity index is 1.44. The zero-order valence-electron chi connectivity index (χ0n) is 16.3. The Labute approximate surface area is 166 Å². The van der Waals surface area contributed by atoms with E-state index in [2.05, 4.69) is 4.90 Å². The van der Waals surface area contributed by atoms with Crippen molar-refractivity contribution in [3.05, 3.63) is 65.0 Å². The molecule has 1 saturated carbocycles. The van der Waals surface area contributed by atoms with Gasteiger partial charge >= 0.3 is 0 Å². The van der Waals surface area contributed by atoms with Gasteiger partial charge in [-0.2, -0.15) is 0 Å². The van der Waals surface area contributed by atoms with E-state index in [1.165, 1.54) is 38.2 Å². The maximum atomic E-state index is 13.8. The van der Waals surface area contributed by atoms with Crippen LogP contribution in [0.4, 0.5) is 4.39 Å². The third-order valence-corrected chi connectivity index (χ3v) is 6.02. The summed E-state index contributed by atoms with van der Waals surface area (Å²) in [6.07, 6.45) is 8.28. The molecule has 1 amide bonds. The minimum atomic E-state index is -0.259. The number of amides is 1. The van der Waals surface area contributed by atoms with Crippen molar-refractivity contribution >= 4 is 5.91 Å². The molecule has 4 heteroatoms. The van der Waals surface area contributed by atoms with Crippen LogP contribution in [0.1, 0.15) is 60.0 Å². The van der Waals surface area contributed by atoms with Crippen LogP contribution in [-0.2, 0) is 13.0 Å². The van der Waals surface area contributed by atoms with E-state index in [0.717, 1.165) is 37.1 Å². The van der Waals surface area contributed by atoms with Crippen LogP contribution in [0.25, 0.3) is 0 Å². The SMILES string of the molecule is O=C1c2ccc(OCc3ccccc3F)cc2CCCN1CC1CCCCC1. The first-order chi connectivity index (χ1) is 13.7. The summed E-state index contributed by atoms with van der Waals surface area (Å²) >= 11 is 0. The second-order valence-corrected chi connectivity index (χ2v) is 8.06. The lowest BCUT2D eigenvalue weighted by atomic mass is 9.89. The fourth-order valence-electron chi connectivity index (χ4n) is 4.44. The normalized spacial score (nSPS) is 17.9. The lowest BCUT2D eigenvalue weighted by Gasteiger charge is -2.29. The highest BCUT2D eigenvalue weighted by atomic mass is 19.1. The van der Waals surface area contributed by atoms with Crippen LogP contribution in [0.5, 0.6) is 5.75 Å². The van der Waals surface area contributed by atoms with Crippen molar-refractivity contribution < 1.29 is 13.9 Å². The van der Waals surface area contributed by atoms with E-state index < -0.39 is 0 Å². The minimum absolute atomic E-state index is 0.152. The Morgan fingerprint density at radius 3 is 2.68 bits per heavy atom. The quantitative estimate of drug-likeness (QED) is 0.696. The van der Waals surface area contributed by atoms with E-state index in [9.17, 15) is 9.18 Å². The molecule has 2 aromatic carbocycles. The lowest BCUT2D eigenvalue weighted by molar-refractivity contribution is 0.0719. The molecule has 0 N–H and O–H groups in total. The highest BCUT2D eigenvalue weighted by molar-refractivity contribution is 5.96. The number of fused-ring (bicyclic) bond motifs is 1. The predicted molar refractivity (Wildman–Crippen MR) is 108 cm³/mol. The predicted octanol–water partition coefficient (Wildman–Crippen LogP) is 5.37. The molecule has 1 fully saturated rings. The smallest absolute Gasteiger partial charge is 0.254 e. The summed E-state index contributed by atoms with van der Waals surface area (Å²) in [4.78, 5) is 15.1. The molecule has 1 heterocycles. The number of benzene rings is 2. The van der Waals surface area contributed by atoms with Crippen LogP contribution in [0.15, 0.2) is 42.5 Å². The summed E-state index contributed by atoms with van der Waals surface area (Å²) in [5, 5.41) is 0. The van der Waals surface area contributed by atoms with Gasteiger partial charge in [0.25, 0.3) is 5.91 Å². The zero-order valence-corrected chi connectivity index (χ0v) is 16.3. The van der Waals surface area contributed by atoms with Gasteiger partial charge < -0.3 is 9.64 Å². The maximum Gasteiger partial charge on any atom is 0.254 e. The van der Waals surface area contributed by atoms with Crippen LogP contribution in [0.2, 0.25) is 0 Å². The van der Waals surface area contributed by atoms with Crippen molar-refractivity contribution in [2.75, 3.05) is 13.1 Å². The van der Waals surface area contributed by atoms with Gasteiger partial charge in [0.05, 0.1) is 0 Å². The summed E-state index contributed by atoms with van der Waals surface area (Å²) in [6.45, 7) is 1.91. The largest absolute Gasteiger partial charge is 0.489 e. The van der Waals surface area contributed by atoms with Crippen LogP contribution in [0, 0.1) is 11.7 Å². The maximum absolute atomic E-state index is 13.8. The average molecular weight is 381 g/mol. The molecule has 0 unspecified atom stereocenters. The number of carbonyl (C=O) groups excluding carboxylic acids is 1. The average Bonchev–Trinajstić information content (AvgIpc) is 2.87. The Morgan fingerprint density at radius 1 is 1.04 bits per heavy atom. The van der Waals surface area contributed by atoms with E-state index in [-0.39, 0.29) is 18.3 Å². The van der Waals surface area contributed by atoms with Gasteiger partial charge in [-0.25, -0.2) is 4.39 Å².